The SMILES string of the molecule is O=C(Nc1ccc(Cl)cn1)C1CCN(Cc2cn3cc(Br)ccc3n2)CC1. The predicted molar refractivity (Wildman–Crippen MR) is 109 cm³/mol. The molecule has 3 aromatic heterocycles. The van der Waals surface area contributed by atoms with Crippen LogP contribution in [0, 0.1) is 5.92 Å². The summed E-state index contributed by atoms with van der Waals surface area (Å²) in [6.45, 7) is 2.56. The fourth-order valence-electron chi connectivity index (χ4n) is 3.35. The fourth-order valence-corrected chi connectivity index (χ4v) is 3.82. The summed E-state index contributed by atoms with van der Waals surface area (Å²) in [4.78, 5) is 23.6. The van der Waals surface area contributed by atoms with E-state index in [0.717, 1.165) is 48.3 Å². The van der Waals surface area contributed by atoms with Gasteiger partial charge in [-0.05, 0) is 66.1 Å². The first-order chi connectivity index (χ1) is 13.1. The van der Waals surface area contributed by atoms with Crippen LogP contribution in [0.5, 0.6) is 0 Å². The number of pyridine rings is 2. The largest absolute Gasteiger partial charge is 0.310 e. The molecule has 6 nitrogen and oxygen atoms in total. The zero-order chi connectivity index (χ0) is 18.8. The number of nitrogens with zero attached hydrogens (tertiary/aromatic N) is 4. The van der Waals surface area contributed by atoms with Crippen molar-refractivity contribution in [1.29, 1.82) is 0 Å². The van der Waals surface area contributed by atoms with E-state index in [4.69, 9.17) is 11.6 Å². The highest BCUT2D eigenvalue weighted by molar-refractivity contribution is 9.10. The number of amides is 1. The van der Waals surface area contributed by atoms with Gasteiger partial charge in [-0.2, -0.15) is 0 Å². The molecular formula is C19H19BrClN5O. The van der Waals surface area contributed by atoms with Crippen LogP contribution in [0.25, 0.3) is 5.65 Å². The number of hydrogen-bond donors (Lipinski definition) is 1. The van der Waals surface area contributed by atoms with Crippen LogP contribution in [0.2, 0.25) is 5.02 Å². The predicted octanol–water partition coefficient (Wildman–Crippen LogP) is 4.00. The summed E-state index contributed by atoms with van der Waals surface area (Å²) >= 11 is 9.30. The molecule has 0 saturated carbocycles. The van der Waals surface area contributed by atoms with Gasteiger partial charge < -0.3 is 9.72 Å². The summed E-state index contributed by atoms with van der Waals surface area (Å²) in [5.74, 6) is 0.584. The number of imidazole rings is 1. The molecule has 0 aliphatic carbocycles. The number of carbonyl (C=O) groups is 1. The summed E-state index contributed by atoms with van der Waals surface area (Å²) in [5, 5.41) is 3.44. The van der Waals surface area contributed by atoms with Gasteiger partial charge in [0.1, 0.15) is 11.5 Å². The van der Waals surface area contributed by atoms with Crippen molar-refractivity contribution in [3.8, 4) is 0 Å². The highest BCUT2D eigenvalue weighted by atomic mass is 79.9. The maximum atomic E-state index is 12.4. The van der Waals surface area contributed by atoms with E-state index in [9.17, 15) is 4.79 Å². The average molecular weight is 449 g/mol. The lowest BCUT2D eigenvalue weighted by Crippen LogP contribution is -2.37. The third kappa shape index (κ3) is 4.48. The molecule has 1 aliphatic heterocycles. The molecular weight excluding hydrogens is 430 g/mol. The van der Waals surface area contributed by atoms with E-state index in [1.165, 1.54) is 6.20 Å². The van der Waals surface area contributed by atoms with Gasteiger partial charge in [-0.25, -0.2) is 9.97 Å². The van der Waals surface area contributed by atoms with Gasteiger partial charge in [-0.1, -0.05) is 11.6 Å². The Morgan fingerprint density at radius 3 is 2.78 bits per heavy atom. The molecule has 0 atom stereocenters. The Kier molecular flexibility index (Phi) is 5.43. The summed E-state index contributed by atoms with van der Waals surface area (Å²) in [6, 6.07) is 7.43. The molecule has 1 N–H and O–H groups in total. The third-order valence-electron chi connectivity index (χ3n) is 4.79. The van der Waals surface area contributed by atoms with Gasteiger partial charge in [0.15, 0.2) is 0 Å². The first kappa shape index (κ1) is 18.4. The van der Waals surface area contributed by atoms with Crippen LogP contribution in [-0.4, -0.2) is 38.3 Å². The van der Waals surface area contributed by atoms with Crippen molar-refractivity contribution in [2.45, 2.75) is 19.4 Å². The van der Waals surface area contributed by atoms with Crippen LogP contribution >= 0.6 is 27.5 Å². The highest BCUT2D eigenvalue weighted by Crippen LogP contribution is 2.21. The first-order valence-electron chi connectivity index (χ1n) is 8.85. The third-order valence-corrected chi connectivity index (χ3v) is 5.48. The number of likely N-dealkylation sites (tertiary alicyclic amines) is 1. The minimum absolute atomic E-state index is 0.00996. The molecule has 3 aromatic rings. The standard InChI is InChI=1S/C19H19BrClN5O/c20-14-1-4-18-23-16(12-26(18)10-14)11-25-7-5-13(6-8-25)19(27)24-17-3-2-15(21)9-22-17/h1-4,9-10,12-13H,5-8,11H2,(H,22,24,27). The van der Waals surface area contributed by atoms with E-state index in [1.54, 1.807) is 12.1 Å². The lowest BCUT2D eigenvalue weighted by molar-refractivity contribution is -0.121. The van der Waals surface area contributed by atoms with Crippen LogP contribution in [0.1, 0.15) is 18.5 Å². The number of nitrogens with one attached hydrogen (secondary N) is 1. The number of carbonyl (C=O) groups excluding carboxylic acids is 1. The monoisotopic (exact) mass is 447 g/mol. The van der Waals surface area contributed by atoms with Gasteiger partial charge in [0.05, 0.1) is 10.7 Å². The molecule has 0 unspecified atom stereocenters. The second kappa shape index (κ2) is 7.96. The fraction of sp³-hybridized carbons (Fsp3) is 0.316. The number of anilines is 1. The Balaban J connectivity index is 1.31. The molecule has 1 fully saturated rings. The molecule has 1 saturated heterocycles. The van der Waals surface area contributed by atoms with Crippen molar-refractivity contribution in [3.05, 3.63) is 58.0 Å². The molecule has 0 radical (unpaired) electrons. The Labute approximate surface area is 170 Å². The van der Waals surface area contributed by atoms with Crippen molar-refractivity contribution in [2.24, 2.45) is 5.92 Å². The van der Waals surface area contributed by atoms with Crippen molar-refractivity contribution >= 4 is 44.9 Å². The number of halogens is 2. The molecule has 8 heteroatoms. The molecule has 0 bridgehead atoms. The van der Waals surface area contributed by atoms with Crippen LogP contribution < -0.4 is 5.32 Å². The van der Waals surface area contributed by atoms with Gasteiger partial charge in [-0.3, -0.25) is 9.69 Å². The van der Waals surface area contributed by atoms with Crippen LogP contribution in [0.3, 0.4) is 0 Å². The quantitative estimate of drug-likeness (QED) is 0.655. The minimum Gasteiger partial charge on any atom is -0.310 e. The number of piperidine rings is 1. The Morgan fingerprint density at radius 1 is 1.22 bits per heavy atom. The normalized spacial score (nSPS) is 15.9. The zero-order valence-corrected chi connectivity index (χ0v) is 16.9. The summed E-state index contributed by atoms with van der Waals surface area (Å²) < 4.78 is 3.06. The Bertz CT molecular complexity index is 950. The molecule has 140 valence electrons. The Hall–Kier alpha value is -1.96. The van der Waals surface area contributed by atoms with Crippen LogP contribution in [0.4, 0.5) is 5.82 Å². The van der Waals surface area contributed by atoms with E-state index >= 15 is 0 Å². The number of hydrogen-bond acceptors (Lipinski definition) is 4. The summed E-state index contributed by atoms with van der Waals surface area (Å²) in [6.07, 6.45) is 7.27. The lowest BCUT2D eigenvalue weighted by atomic mass is 9.96. The maximum absolute atomic E-state index is 12.4. The Morgan fingerprint density at radius 2 is 2.04 bits per heavy atom. The highest BCUT2D eigenvalue weighted by Gasteiger charge is 2.25. The summed E-state index contributed by atoms with van der Waals surface area (Å²) in [7, 11) is 0. The molecule has 27 heavy (non-hydrogen) atoms. The van der Waals surface area contributed by atoms with Crippen molar-refractivity contribution < 1.29 is 4.79 Å². The molecule has 4 rings (SSSR count). The van der Waals surface area contributed by atoms with Crippen LogP contribution in [-0.2, 0) is 11.3 Å². The van der Waals surface area contributed by atoms with E-state index in [2.05, 4.69) is 42.3 Å². The van der Waals surface area contributed by atoms with Crippen molar-refractivity contribution in [2.75, 3.05) is 18.4 Å². The van der Waals surface area contributed by atoms with E-state index in [-0.39, 0.29) is 11.8 Å². The van der Waals surface area contributed by atoms with Gasteiger partial charge in [0, 0.05) is 35.5 Å². The second-order valence-electron chi connectivity index (χ2n) is 6.75. The van der Waals surface area contributed by atoms with E-state index in [1.807, 2.05) is 22.7 Å². The van der Waals surface area contributed by atoms with Crippen molar-refractivity contribution in [3.63, 3.8) is 0 Å². The molecule has 1 amide bonds. The lowest BCUT2D eigenvalue weighted by Gasteiger charge is -2.30. The molecule has 4 heterocycles. The van der Waals surface area contributed by atoms with Gasteiger partial charge >= 0.3 is 0 Å². The minimum atomic E-state index is 0.00996. The topological polar surface area (TPSA) is 62.5 Å². The van der Waals surface area contributed by atoms with E-state index < -0.39 is 0 Å². The number of aromatic nitrogens is 3. The van der Waals surface area contributed by atoms with Crippen molar-refractivity contribution in [1.82, 2.24) is 19.3 Å². The first-order valence-corrected chi connectivity index (χ1v) is 10.0. The number of fused-ring (bicyclic) bond motifs is 1. The van der Waals surface area contributed by atoms with E-state index in [0.29, 0.717) is 10.8 Å². The maximum Gasteiger partial charge on any atom is 0.228 e. The summed E-state index contributed by atoms with van der Waals surface area (Å²) in [5.41, 5.74) is 1.99. The second-order valence-corrected chi connectivity index (χ2v) is 8.10. The van der Waals surface area contributed by atoms with Crippen LogP contribution in [0.15, 0.2) is 47.3 Å². The zero-order valence-electron chi connectivity index (χ0n) is 14.6. The number of rotatable bonds is 4. The van der Waals surface area contributed by atoms with Gasteiger partial charge in [0.2, 0.25) is 5.91 Å². The van der Waals surface area contributed by atoms with Gasteiger partial charge in [-0.15, -0.1) is 0 Å². The molecule has 0 aromatic carbocycles. The molecule has 1 aliphatic rings. The van der Waals surface area contributed by atoms with Gasteiger partial charge in [0.25, 0.3) is 0 Å². The smallest absolute Gasteiger partial charge is 0.228 e. The molecule has 0 spiro atoms. The average Bonchev–Trinajstić information content (AvgIpc) is 3.05.